The Kier molecular flexibility index (Phi) is 3.92. The normalized spacial score (nSPS) is 13.6. The molecule has 0 bridgehead atoms. The Morgan fingerprint density at radius 1 is 1.04 bits per heavy atom. The maximum absolute atomic E-state index is 13.2. The number of amides is 1. The molecule has 0 aliphatic carbocycles. The Bertz CT molecular complexity index is 1080. The van der Waals surface area contributed by atoms with Crippen LogP contribution < -0.4 is 4.90 Å². The van der Waals surface area contributed by atoms with Gasteiger partial charge in [-0.2, -0.15) is 0 Å². The van der Waals surface area contributed by atoms with Gasteiger partial charge >= 0.3 is 11.9 Å². The van der Waals surface area contributed by atoms with Crippen molar-refractivity contribution in [2.75, 3.05) is 11.4 Å². The molecule has 2 heterocycles. The van der Waals surface area contributed by atoms with E-state index in [1.54, 1.807) is 11.0 Å². The summed E-state index contributed by atoms with van der Waals surface area (Å²) in [7, 11) is 0. The number of aromatic carboxylic acids is 1. The largest absolute Gasteiger partial charge is 0.480 e. The average Bonchev–Trinajstić information content (AvgIpc) is 2.96. The molecule has 136 valence electrons. The van der Waals surface area contributed by atoms with E-state index in [2.05, 4.69) is 0 Å². The Morgan fingerprint density at radius 2 is 1.78 bits per heavy atom. The van der Waals surface area contributed by atoms with Crippen LogP contribution in [0.4, 0.5) is 5.69 Å². The fraction of sp³-hybridized carbons (Fsp3) is 0.150. The Morgan fingerprint density at radius 3 is 2.44 bits per heavy atom. The van der Waals surface area contributed by atoms with Crippen LogP contribution in [0.5, 0.6) is 0 Å². The third kappa shape index (κ3) is 2.73. The third-order valence-electron chi connectivity index (χ3n) is 4.81. The van der Waals surface area contributed by atoms with Gasteiger partial charge in [0, 0.05) is 23.1 Å². The van der Waals surface area contributed by atoms with Gasteiger partial charge in [-0.05, 0) is 42.3 Å². The Labute approximate surface area is 154 Å². The minimum absolute atomic E-state index is 0.107. The van der Waals surface area contributed by atoms with Crippen LogP contribution >= 0.6 is 0 Å². The minimum Gasteiger partial charge on any atom is -0.480 e. The van der Waals surface area contributed by atoms with Gasteiger partial charge in [-0.3, -0.25) is 9.59 Å². The smallest absolute Gasteiger partial charge is 0.335 e. The number of carboxylic acids is 2. The third-order valence-corrected chi connectivity index (χ3v) is 4.81. The molecule has 0 atom stereocenters. The number of para-hydroxylation sites is 1. The molecule has 2 N–H and O–H groups in total. The topological polar surface area (TPSA) is 99.8 Å². The fourth-order valence-electron chi connectivity index (χ4n) is 3.66. The number of benzene rings is 2. The number of aliphatic carboxylic acids is 1. The Hall–Kier alpha value is -3.61. The molecule has 1 aliphatic heterocycles. The maximum atomic E-state index is 13.2. The number of carbonyl (C=O) groups is 3. The quantitative estimate of drug-likeness (QED) is 0.741. The summed E-state index contributed by atoms with van der Waals surface area (Å²) in [6, 6.07) is 13.7. The lowest BCUT2D eigenvalue weighted by Gasteiger charge is -2.28. The van der Waals surface area contributed by atoms with E-state index in [0.717, 1.165) is 5.69 Å². The first-order valence-corrected chi connectivity index (χ1v) is 8.44. The number of carboxylic acid groups (broad SMARTS) is 2. The molecular weight excluding hydrogens is 348 g/mol. The van der Waals surface area contributed by atoms with Crippen LogP contribution in [0.3, 0.4) is 0 Å². The molecule has 0 fully saturated rings. The van der Waals surface area contributed by atoms with Gasteiger partial charge in [0.25, 0.3) is 5.91 Å². The predicted molar refractivity (Wildman–Crippen MR) is 98.4 cm³/mol. The van der Waals surface area contributed by atoms with Gasteiger partial charge in [-0.15, -0.1) is 0 Å². The number of hydrogen-bond acceptors (Lipinski definition) is 3. The number of carbonyl (C=O) groups excluding carboxylic acids is 1. The number of aromatic nitrogens is 1. The van der Waals surface area contributed by atoms with Crippen LogP contribution in [0.2, 0.25) is 0 Å². The molecule has 2 aromatic carbocycles. The molecule has 0 spiro atoms. The highest BCUT2D eigenvalue weighted by molar-refractivity contribution is 6.12. The summed E-state index contributed by atoms with van der Waals surface area (Å²) >= 11 is 0. The fourth-order valence-corrected chi connectivity index (χ4v) is 3.66. The van der Waals surface area contributed by atoms with E-state index >= 15 is 0 Å². The first-order chi connectivity index (χ1) is 13.0. The number of anilines is 1. The average molecular weight is 364 g/mol. The maximum Gasteiger partial charge on any atom is 0.335 e. The van der Waals surface area contributed by atoms with Crippen LogP contribution in [-0.2, 0) is 17.8 Å². The molecule has 0 unspecified atom stereocenters. The predicted octanol–water partition coefficient (Wildman–Crippen LogP) is 2.63. The second-order valence-corrected chi connectivity index (χ2v) is 6.39. The summed E-state index contributed by atoms with van der Waals surface area (Å²) in [5, 5.41) is 19.2. The molecule has 7 heteroatoms. The summed E-state index contributed by atoms with van der Waals surface area (Å²) < 4.78 is 1.47. The highest BCUT2D eigenvalue weighted by Gasteiger charge is 2.32. The lowest BCUT2D eigenvalue weighted by molar-refractivity contribution is -0.137. The van der Waals surface area contributed by atoms with Gasteiger partial charge in [-0.1, -0.05) is 18.2 Å². The first-order valence-electron chi connectivity index (χ1n) is 8.44. The Balaban J connectivity index is 1.92. The van der Waals surface area contributed by atoms with E-state index in [0.29, 0.717) is 35.1 Å². The van der Waals surface area contributed by atoms with E-state index in [9.17, 15) is 24.6 Å². The van der Waals surface area contributed by atoms with Crippen molar-refractivity contribution in [2.45, 2.75) is 13.0 Å². The zero-order valence-corrected chi connectivity index (χ0v) is 14.3. The number of rotatable bonds is 4. The van der Waals surface area contributed by atoms with Gasteiger partial charge in [0.15, 0.2) is 0 Å². The monoisotopic (exact) mass is 364 g/mol. The van der Waals surface area contributed by atoms with Crippen molar-refractivity contribution >= 4 is 34.4 Å². The zero-order chi connectivity index (χ0) is 19.1. The molecule has 1 aliphatic rings. The molecule has 1 amide bonds. The minimum atomic E-state index is -1.07. The van der Waals surface area contributed by atoms with Gasteiger partial charge in [-0.25, -0.2) is 4.79 Å². The van der Waals surface area contributed by atoms with E-state index in [-0.39, 0.29) is 18.0 Å². The summed E-state index contributed by atoms with van der Waals surface area (Å²) in [6.07, 6.45) is 0.516. The van der Waals surface area contributed by atoms with Crippen molar-refractivity contribution in [3.05, 3.63) is 65.4 Å². The van der Waals surface area contributed by atoms with E-state index in [1.165, 1.54) is 16.7 Å². The number of hydrogen-bond donors (Lipinski definition) is 2. The van der Waals surface area contributed by atoms with Crippen LogP contribution in [0, 0.1) is 0 Å². The van der Waals surface area contributed by atoms with Crippen molar-refractivity contribution in [2.24, 2.45) is 0 Å². The standard InChI is InChI=1S/C20H16N2O5/c23-17(24)11-22-16-7-6-12(20(26)27)10-15(16)14-8-9-21(19(25)18(14)22)13-4-2-1-3-5-13/h1-7,10H,8-9,11H2,(H,23,24)(H,26,27). The summed E-state index contributed by atoms with van der Waals surface area (Å²) in [5.41, 5.74) is 2.41. The second kappa shape index (κ2) is 6.28. The highest BCUT2D eigenvalue weighted by Crippen LogP contribution is 2.33. The van der Waals surface area contributed by atoms with Gasteiger partial charge in [0.05, 0.1) is 5.56 Å². The summed E-state index contributed by atoms with van der Waals surface area (Å²) in [6.45, 7) is 0.0753. The molecule has 4 rings (SSSR count). The second-order valence-electron chi connectivity index (χ2n) is 6.39. The van der Waals surface area contributed by atoms with Gasteiger partial charge in [0.1, 0.15) is 12.2 Å². The number of nitrogens with zero attached hydrogens (tertiary/aromatic N) is 2. The van der Waals surface area contributed by atoms with Crippen molar-refractivity contribution in [3.63, 3.8) is 0 Å². The molecule has 3 aromatic rings. The van der Waals surface area contributed by atoms with Crippen LogP contribution in [0.1, 0.15) is 26.4 Å². The lowest BCUT2D eigenvalue weighted by Crippen LogP contribution is -2.39. The lowest BCUT2D eigenvalue weighted by atomic mass is 10.0. The van der Waals surface area contributed by atoms with E-state index in [1.807, 2.05) is 30.3 Å². The highest BCUT2D eigenvalue weighted by atomic mass is 16.4. The SMILES string of the molecule is O=C(O)Cn1c2c(c3cc(C(=O)O)ccc31)CCN(c1ccccc1)C2=O. The molecule has 1 aromatic heterocycles. The summed E-state index contributed by atoms with van der Waals surface area (Å²) in [5.74, 6) is -2.41. The molecule has 27 heavy (non-hydrogen) atoms. The van der Waals surface area contributed by atoms with Gasteiger partial charge in [0.2, 0.25) is 0 Å². The van der Waals surface area contributed by atoms with Crippen molar-refractivity contribution in [3.8, 4) is 0 Å². The number of fused-ring (bicyclic) bond motifs is 3. The summed E-state index contributed by atoms with van der Waals surface area (Å²) in [4.78, 5) is 37.5. The van der Waals surface area contributed by atoms with Gasteiger partial charge < -0.3 is 19.7 Å². The van der Waals surface area contributed by atoms with Crippen molar-refractivity contribution in [1.82, 2.24) is 4.57 Å². The van der Waals surface area contributed by atoms with E-state index in [4.69, 9.17) is 0 Å². The van der Waals surface area contributed by atoms with Crippen molar-refractivity contribution in [1.29, 1.82) is 0 Å². The molecular formula is C20H16N2O5. The molecule has 0 radical (unpaired) electrons. The van der Waals surface area contributed by atoms with E-state index < -0.39 is 11.9 Å². The van der Waals surface area contributed by atoms with Crippen LogP contribution in [0.15, 0.2) is 48.5 Å². The van der Waals surface area contributed by atoms with Crippen LogP contribution in [-0.4, -0.2) is 39.2 Å². The molecule has 0 saturated carbocycles. The van der Waals surface area contributed by atoms with Crippen molar-refractivity contribution < 1.29 is 24.6 Å². The first kappa shape index (κ1) is 16.8. The zero-order valence-electron chi connectivity index (χ0n) is 14.3. The molecule has 7 nitrogen and oxygen atoms in total. The molecule has 0 saturated heterocycles. The van der Waals surface area contributed by atoms with Crippen LogP contribution in [0.25, 0.3) is 10.9 Å².